The van der Waals surface area contributed by atoms with E-state index in [-0.39, 0.29) is 11.6 Å². The van der Waals surface area contributed by atoms with Crippen LogP contribution < -0.4 is 14.4 Å². The van der Waals surface area contributed by atoms with Gasteiger partial charge in [-0.2, -0.15) is 0 Å². The molecule has 43 heavy (non-hydrogen) atoms. The summed E-state index contributed by atoms with van der Waals surface area (Å²) in [4.78, 5) is 14.2. The molecule has 2 atom stereocenters. The molecular formula is C33H42FN5O3Si. The fourth-order valence-electron chi connectivity index (χ4n) is 6.15. The lowest BCUT2D eigenvalue weighted by Crippen LogP contribution is -2.37. The molecule has 0 unspecified atom stereocenters. The second-order valence-corrected chi connectivity index (χ2v) is 18.8. The van der Waals surface area contributed by atoms with E-state index < -0.39 is 8.07 Å². The van der Waals surface area contributed by atoms with Gasteiger partial charge >= 0.3 is 0 Å². The highest BCUT2D eigenvalue weighted by Gasteiger charge is 2.37. The molecule has 6 rings (SSSR count). The van der Waals surface area contributed by atoms with Gasteiger partial charge in [0.15, 0.2) is 11.6 Å². The topological polar surface area (TPSA) is 64.9 Å². The Kier molecular flexibility index (Phi) is 8.44. The number of imidazole rings is 1. The van der Waals surface area contributed by atoms with Gasteiger partial charge in [0.1, 0.15) is 18.8 Å². The van der Waals surface area contributed by atoms with Crippen LogP contribution in [0.5, 0.6) is 17.4 Å². The minimum absolute atomic E-state index is 0.199. The van der Waals surface area contributed by atoms with E-state index in [1.165, 1.54) is 13.5 Å². The molecule has 228 valence electrons. The Hall–Kier alpha value is -3.47. The van der Waals surface area contributed by atoms with Crippen molar-refractivity contribution in [3.63, 3.8) is 0 Å². The highest BCUT2D eigenvalue weighted by atomic mass is 28.3. The van der Waals surface area contributed by atoms with Crippen LogP contribution in [0.25, 0.3) is 22.2 Å². The maximum absolute atomic E-state index is 14.9. The summed E-state index contributed by atoms with van der Waals surface area (Å²) >= 11 is 0. The van der Waals surface area contributed by atoms with Gasteiger partial charge < -0.3 is 28.6 Å². The molecule has 4 aromatic rings. The Morgan fingerprint density at radius 1 is 1.02 bits per heavy atom. The third kappa shape index (κ3) is 6.87. The average Bonchev–Trinajstić information content (AvgIpc) is 3.61. The number of halogens is 1. The SMILES string of the molecule is COc1cc2nc(-c3ccc(Oc4cn(COCC[Si](C)(C)C)cn4)cc3)cc(N3C[C@H]4CN(C)CC[C@H]4C3)c2cc1F. The second kappa shape index (κ2) is 12.3. The van der Waals surface area contributed by atoms with Gasteiger partial charge in [0.05, 0.1) is 24.5 Å². The molecule has 0 saturated carbocycles. The number of rotatable bonds is 10. The van der Waals surface area contributed by atoms with Gasteiger partial charge in [0.25, 0.3) is 0 Å². The van der Waals surface area contributed by atoms with Crippen molar-refractivity contribution >= 4 is 24.7 Å². The van der Waals surface area contributed by atoms with Crippen molar-refractivity contribution in [3.05, 3.63) is 60.8 Å². The summed E-state index contributed by atoms with van der Waals surface area (Å²) in [6.07, 6.45) is 4.76. The van der Waals surface area contributed by atoms with E-state index in [2.05, 4.69) is 47.5 Å². The van der Waals surface area contributed by atoms with Gasteiger partial charge in [0.2, 0.25) is 5.88 Å². The Labute approximate surface area is 254 Å². The lowest BCUT2D eigenvalue weighted by Gasteiger charge is -2.31. The van der Waals surface area contributed by atoms with Gasteiger partial charge in [-0.15, -0.1) is 0 Å². The number of ether oxygens (including phenoxy) is 3. The Balaban J connectivity index is 1.21. The summed E-state index contributed by atoms with van der Waals surface area (Å²) in [5.41, 5.74) is 3.53. The number of likely N-dealkylation sites (tertiary alicyclic amines) is 1. The fraction of sp³-hybridized carbons (Fsp3) is 0.455. The molecule has 0 radical (unpaired) electrons. The first-order chi connectivity index (χ1) is 20.6. The number of piperidine rings is 1. The predicted molar refractivity (Wildman–Crippen MR) is 171 cm³/mol. The Bertz CT molecular complexity index is 1570. The Morgan fingerprint density at radius 2 is 1.81 bits per heavy atom. The smallest absolute Gasteiger partial charge is 0.237 e. The third-order valence-electron chi connectivity index (χ3n) is 8.62. The number of nitrogens with zero attached hydrogens (tertiary/aromatic N) is 5. The van der Waals surface area contributed by atoms with Crippen LogP contribution in [0.2, 0.25) is 25.7 Å². The van der Waals surface area contributed by atoms with Crippen LogP contribution in [-0.2, 0) is 11.5 Å². The van der Waals surface area contributed by atoms with Crippen molar-refractivity contribution in [3.8, 4) is 28.6 Å². The molecule has 8 nitrogen and oxygen atoms in total. The van der Waals surface area contributed by atoms with E-state index in [9.17, 15) is 4.39 Å². The number of aromatic nitrogens is 3. The van der Waals surface area contributed by atoms with E-state index in [1.807, 2.05) is 35.0 Å². The van der Waals surface area contributed by atoms with Gasteiger partial charge in [0, 0.05) is 57.0 Å². The van der Waals surface area contributed by atoms with Crippen molar-refractivity contribution in [1.29, 1.82) is 0 Å². The number of benzene rings is 2. The Morgan fingerprint density at radius 3 is 2.58 bits per heavy atom. The van der Waals surface area contributed by atoms with Gasteiger partial charge in [-0.1, -0.05) is 19.6 Å². The zero-order chi connectivity index (χ0) is 30.1. The molecule has 2 fully saturated rings. The molecule has 2 aromatic heterocycles. The van der Waals surface area contributed by atoms with Crippen LogP contribution in [0, 0.1) is 17.7 Å². The summed E-state index contributed by atoms with van der Waals surface area (Å²) < 4.78 is 33.9. The van der Waals surface area contributed by atoms with Gasteiger partial charge in [-0.05, 0) is 74.3 Å². The predicted octanol–water partition coefficient (Wildman–Crippen LogP) is 6.74. The van der Waals surface area contributed by atoms with Crippen LogP contribution in [0.3, 0.4) is 0 Å². The average molecular weight is 604 g/mol. The lowest BCUT2D eigenvalue weighted by atomic mass is 9.89. The molecule has 2 aliphatic rings. The summed E-state index contributed by atoms with van der Waals surface area (Å²) in [7, 11) is 2.57. The highest BCUT2D eigenvalue weighted by molar-refractivity contribution is 6.76. The van der Waals surface area contributed by atoms with Crippen LogP contribution in [-0.4, -0.2) is 74.5 Å². The molecule has 0 amide bonds. The van der Waals surface area contributed by atoms with Crippen molar-refractivity contribution in [1.82, 2.24) is 19.4 Å². The van der Waals surface area contributed by atoms with Crippen molar-refractivity contribution in [2.24, 2.45) is 11.8 Å². The second-order valence-electron chi connectivity index (χ2n) is 13.2. The lowest BCUT2D eigenvalue weighted by molar-refractivity contribution is 0.0870. The first kappa shape index (κ1) is 29.6. The zero-order valence-corrected chi connectivity index (χ0v) is 26.8. The minimum Gasteiger partial charge on any atom is -0.494 e. The standard InChI is InChI=1S/C33H42FN5O3Si/c1-37-11-10-24-18-39(19-25(24)17-37)31-15-29(36-30-16-32(40-2)28(34)14-27(30)31)23-6-8-26(9-7-23)42-33-20-38(21-35-33)22-41-12-13-43(3,4)5/h6-9,14-16,20-21,24-25H,10-13,17-19,22H2,1-5H3/t24-,25+/m0/s1. The number of pyridine rings is 1. The molecule has 0 bridgehead atoms. The van der Waals surface area contributed by atoms with Gasteiger partial charge in [-0.3, -0.25) is 0 Å². The number of methoxy groups -OCH3 is 1. The summed E-state index contributed by atoms with van der Waals surface area (Å²) in [6, 6.07) is 14.4. The molecule has 4 heterocycles. The van der Waals surface area contributed by atoms with E-state index >= 15 is 0 Å². The largest absolute Gasteiger partial charge is 0.494 e. The maximum atomic E-state index is 14.9. The summed E-state index contributed by atoms with van der Waals surface area (Å²) in [5, 5.41) is 0.814. The fourth-order valence-corrected chi connectivity index (χ4v) is 6.91. The first-order valence-corrected chi connectivity index (χ1v) is 18.9. The minimum atomic E-state index is -1.11. The number of hydrogen-bond donors (Lipinski definition) is 0. The monoisotopic (exact) mass is 603 g/mol. The van der Waals surface area contributed by atoms with Crippen molar-refractivity contribution in [2.45, 2.75) is 38.8 Å². The van der Waals surface area contributed by atoms with Crippen LogP contribution in [0.4, 0.5) is 10.1 Å². The molecule has 10 heteroatoms. The first-order valence-electron chi connectivity index (χ1n) is 15.1. The van der Waals surface area contributed by atoms with Crippen LogP contribution >= 0.6 is 0 Å². The van der Waals surface area contributed by atoms with E-state index in [1.54, 1.807) is 18.5 Å². The summed E-state index contributed by atoms with van der Waals surface area (Å²) in [5.74, 6) is 2.30. The molecular weight excluding hydrogens is 561 g/mol. The van der Waals surface area contributed by atoms with Crippen LogP contribution in [0.1, 0.15) is 6.42 Å². The quantitative estimate of drug-likeness (QED) is 0.147. The van der Waals surface area contributed by atoms with Crippen LogP contribution in [0.15, 0.2) is 55.0 Å². The number of anilines is 1. The number of hydrogen-bond acceptors (Lipinski definition) is 7. The van der Waals surface area contributed by atoms with E-state index in [4.69, 9.17) is 19.2 Å². The molecule has 0 aliphatic carbocycles. The maximum Gasteiger partial charge on any atom is 0.237 e. The molecule has 2 aliphatic heterocycles. The highest BCUT2D eigenvalue weighted by Crippen LogP contribution is 2.40. The summed E-state index contributed by atoms with van der Waals surface area (Å²) in [6.45, 7) is 12.4. The van der Waals surface area contributed by atoms with Gasteiger partial charge in [-0.25, -0.2) is 14.4 Å². The van der Waals surface area contributed by atoms with E-state index in [0.29, 0.717) is 30.2 Å². The zero-order valence-electron chi connectivity index (χ0n) is 25.8. The molecule has 2 saturated heterocycles. The van der Waals surface area contributed by atoms with E-state index in [0.717, 1.165) is 66.7 Å². The normalized spacial score (nSPS) is 19.2. The van der Waals surface area contributed by atoms with Crippen molar-refractivity contribution in [2.75, 3.05) is 51.8 Å². The van der Waals surface area contributed by atoms with Crippen molar-refractivity contribution < 1.29 is 18.6 Å². The molecule has 0 spiro atoms. The third-order valence-corrected chi connectivity index (χ3v) is 10.3. The molecule has 0 N–H and O–H groups in total. The number of fused-ring (bicyclic) bond motifs is 2. The molecule has 2 aromatic carbocycles.